The summed E-state index contributed by atoms with van der Waals surface area (Å²) in [5.74, 6) is -0.202. The molecule has 0 unspecified atom stereocenters. The summed E-state index contributed by atoms with van der Waals surface area (Å²) in [7, 11) is 0. The van der Waals surface area contributed by atoms with E-state index in [9.17, 15) is 4.79 Å². The molecule has 2 nitrogen and oxygen atoms in total. The molecule has 0 aliphatic carbocycles. The van der Waals surface area contributed by atoms with Crippen molar-refractivity contribution in [3.63, 3.8) is 0 Å². The second-order valence-corrected chi connectivity index (χ2v) is 4.05. The minimum absolute atomic E-state index is 0.0971. The summed E-state index contributed by atoms with van der Waals surface area (Å²) in [6.07, 6.45) is 0. The largest absolute Gasteiger partial charge is 0.359 e. The molecule has 12 heavy (non-hydrogen) atoms. The highest BCUT2D eigenvalue weighted by Crippen LogP contribution is 2.35. The van der Waals surface area contributed by atoms with Gasteiger partial charge in [0.05, 0.1) is 5.41 Å². The first-order valence-corrected chi connectivity index (χ1v) is 4.34. The summed E-state index contributed by atoms with van der Waals surface area (Å²) >= 11 is 0. The molecule has 1 N–H and O–H groups in total. The van der Waals surface area contributed by atoms with Gasteiger partial charge in [0.2, 0.25) is 5.91 Å². The lowest BCUT2D eigenvalue weighted by Gasteiger charge is -2.35. The molecule has 0 aliphatic rings. The van der Waals surface area contributed by atoms with Crippen molar-refractivity contribution in [3.8, 4) is 0 Å². The maximum absolute atomic E-state index is 11.9. The van der Waals surface area contributed by atoms with Crippen LogP contribution in [-0.4, -0.2) is 12.9 Å². The molecular formula is C10H21NO. The Labute approximate surface area is 80.0 Å². The highest BCUT2D eigenvalue weighted by atomic mass is 16.2. The van der Waals surface area contributed by atoms with E-state index in [-0.39, 0.29) is 11.8 Å². The van der Waals surface area contributed by atoms with Crippen LogP contribution in [0.4, 0.5) is 0 Å². The van der Waals surface area contributed by atoms with Gasteiger partial charge in [0.25, 0.3) is 0 Å². The highest BCUT2D eigenvalue weighted by Gasteiger charge is 2.38. The molecule has 0 aromatic heterocycles. The molecule has 0 aromatic carbocycles. The number of hydrogen-bond acceptors (Lipinski definition) is 1. The smallest absolute Gasteiger partial charge is 0.226 e. The zero-order chi connectivity index (χ0) is 12.4. The van der Waals surface area contributed by atoms with Gasteiger partial charge in [-0.25, -0.2) is 0 Å². The molecule has 0 saturated carbocycles. The summed E-state index contributed by atoms with van der Waals surface area (Å²) in [6.45, 7) is 7.13. The summed E-state index contributed by atoms with van der Waals surface area (Å²) in [5, 5.41) is 2.08. The van der Waals surface area contributed by atoms with Crippen LogP contribution in [0.3, 0.4) is 0 Å². The van der Waals surface area contributed by atoms with Crippen molar-refractivity contribution in [2.24, 2.45) is 17.3 Å². The lowest BCUT2D eigenvalue weighted by Crippen LogP contribution is -2.44. The molecule has 0 rings (SSSR count). The van der Waals surface area contributed by atoms with Crippen LogP contribution >= 0.6 is 0 Å². The molecule has 0 radical (unpaired) electrons. The summed E-state index contributed by atoms with van der Waals surface area (Å²) in [5.41, 5.74) is -0.644. The van der Waals surface area contributed by atoms with E-state index < -0.39 is 18.3 Å². The predicted molar refractivity (Wildman–Crippen MR) is 51.8 cm³/mol. The van der Waals surface area contributed by atoms with Gasteiger partial charge in [0, 0.05) is 11.1 Å². The van der Waals surface area contributed by atoms with Gasteiger partial charge < -0.3 is 5.32 Å². The van der Waals surface area contributed by atoms with Gasteiger partial charge in [-0.05, 0) is 11.8 Å². The van der Waals surface area contributed by atoms with Gasteiger partial charge in [-0.1, -0.05) is 34.6 Å². The van der Waals surface area contributed by atoms with Gasteiger partial charge in [0.15, 0.2) is 0 Å². The van der Waals surface area contributed by atoms with E-state index in [1.54, 1.807) is 0 Å². The number of amides is 1. The lowest BCUT2D eigenvalue weighted by molar-refractivity contribution is -0.134. The van der Waals surface area contributed by atoms with E-state index in [0.29, 0.717) is 0 Å². The average molecular weight is 174 g/mol. The Morgan fingerprint density at radius 3 is 2.00 bits per heavy atom. The van der Waals surface area contributed by atoms with Crippen LogP contribution in [-0.2, 0) is 4.79 Å². The third-order valence-corrected chi connectivity index (χ3v) is 3.00. The molecule has 0 aliphatic heterocycles. The first-order valence-electron chi connectivity index (χ1n) is 5.84. The fraction of sp³-hybridized carbons (Fsp3) is 0.900. The van der Waals surface area contributed by atoms with Gasteiger partial charge in [-0.3, -0.25) is 4.79 Å². The highest BCUT2D eigenvalue weighted by molar-refractivity contribution is 5.82. The number of carbonyl (C=O) groups is 1. The minimum Gasteiger partial charge on any atom is -0.359 e. The van der Waals surface area contributed by atoms with E-state index in [1.807, 2.05) is 34.6 Å². The topological polar surface area (TPSA) is 29.1 Å². The van der Waals surface area contributed by atoms with Crippen molar-refractivity contribution in [3.05, 3.63) is 0 Å². The summed E-state index contributed by atoms with van der Waals surface area (Å²) < 4.78 is 21.1. The zero-order valence-electron chi connectivity index (χ0n) is 11.6. The molecule has 0 fully saturated rings. The quantitative estimate of drug-likeness (QED) is 0.697. The molecule has 72 valence electrons. The fourth-order valence-electron chi connectivity index (χ4n) is 1.33. The zero-order valence-corrected chi connectivity index (χ0v) is 8.56. The van der Waals surface area contributed by atoms with E-state index in [2.05, 4.69) is 5.32 Å². The molecule has 0 spiro atoms. The van der Waals surface area contributed by atoms with E-state index >= 15 is 0 Å². The number of carbonyl (C=O) groups excluding carboxylic acids is 1. The Balaban J connectivity index is 4.89. The fourth-order valence-corrected chi connectivity index (χ4v) is 1.33. The number of nitrogens with one attached hydrogen (secondary N) is 1. The van der Waals surface area contributed by atoms with Gasteiger partial charge >= 0.3 is 0 Å². The third kappa shape index (κ3) is 1.79. The van der Waals surface area contributed by atoms with Crippen LogP contribution in [0, 0.1) is 17.3 Å². The predicted octanol–water partition coefficient (Wildman–Crippen LogP) is 2.05. The Bertz CT molecular complexity index is 225. The van der Waals surface area contributed by atoms with Crippen LogP contribution in [0.5, 0.6) is 0 Å². The van der Waals surface area contributed by atoms with E-state index in [1.165, 1.54) is 0 Å². The molecule has 1 amide bonds. The normalized spacial score (nSPS) is 17.1. The van der Waals surface area contributed by atoms with Crippen molar-refractivity contribution in [2.75, 3.05) is 6.98 Å². The van der Waals surface area contributed by atoms with E-state index in [0.717, 1.165) is 0 Å². The Hall–Kier alpha value is -0.530. The van der Waals surface area contributed by atoms with Crippen molar-refractivity contribution in [2.45, 2.75) is 34.6 Å². The first-order chi connectivity index (χ1) is 6.51. The Morgan fingerprint density at radius 2 is 1.75 bits per heavy atom. The number of rotatable bonds is 3. The molecule has 0 heterocycles. The van der Waals surface area contributed by atoms with Crippen LogP contribution in [0.2, 0.25) is 0 Å². The summed E-state index contributed by atoms with van der Waals surface area (Å²) in [6, 6.07) is 0. The van der Waals surface area contributed by atoms with Crippen LogP contribution in [0.25, 0.3) is 0 Å². The van der Waals surface area contributed by atoms with Crippen LogP contribution in [0.15, 0.2) is 0 Å². The van der Waals surface area contributed by atoms with Crippen molar-refractivity contribution >= 4 is 5.91 Å². The molecule has 2 heteroatoms. The average Bonchev–Trinajstić information content (AvgIpc) is 1.98. The summed E-state index contributed by atoms with van der Waals surface area (Å²) in [4.78, 5) is 11.9. The maximum atomic E-state index is 11.9. The molecule has 0 saturated heterocycles. The van der Waals surface area contributed by atoms with E-state index in [4.69, 9.17) is 4.11 Å². The van der Waals surface area contributed by atoms with Gasteiger partial charge in [0.1, 0.15) is 0 Å². The molecule has 0 atom stereocenters. The van der Waals surface area contributed by atoms with Crippen LogP contribution < -0.4 is 5.32 Å². The lowest BCUT2D eigenvalue weighted by atomic mass is 9.70. The monoisotopic (exact) mass is 174 g/mol. The Morgan fingerprint density at radius 1 is 1.33 bits per heavy atom. The van der Waals surface area contributed by atoms with Gasteiger partial charge in [-0.2, -0.15) is 0 Å². The number of hydrogen-bond donors (Lipinski definition) is 1. The van der Waals surface area contributed by atoms with Crippen molar-refractivity contribution in [1.82, 2.24) is 5.32 Å². The maximum Gasteiger partial charge on any atom is 0.226 e. The van der Waals surface area contributed by atoms with Crippen molar-refractivity contribution < 1.29 is 8.91 Å². The first kappa shape index (κ1) is 6.93. The standard InChI is InChI=1S/C10H21NO/c1-7(2)10(5,8(3)4)9(12)11-6/h7-8H,1-6H3,(H,11,12)/i6D3. The van der Waals surface area contributed by atoms with Crippen LogP contribution in [0.1, 0.15) is 38.7 Å². The second kappa shape index (κ2) is 3.92. The molecule has 0 bridgehead atoms. The van der Waals surface area contributed by atoms with Gasteiger partial charge in [-0.15, -0.1) is 0 Å². The second-order valence-electron chi connectivity index (χ2n) is 4.05. The van der Waals surface area contributed by atoms with Crippen molar-refractivity contribution in [1.29, 1.82) is 0 Å². The SMILES string of the molecule is [2H]C([2H])([2H])NC(=O)C(C)(C(C)C)C(C)C. The Kier molecular flexibility index (Phi) is 2.27. The minimum atomic E-state index is -2.40. The third-order valence-electron chi connectivity index (χ3n) is 3.00. The molecular weight excluding hydrogens is 150 g/mol. The molecule has 0 aromatic rings.